The lowest BCUT2D eigenvalue weighted by Crippen LogP contribution is -2.39. The average molecular weight is 200 g/mol. The van der Waals surface area contributed by atoms with Gasteiger partial charge in [0.25, 0.3) is 0 Å². The maximum absolute atomic E-state index is 9.93. The van der Waals surface area contributed by atoms with E-state index in [-0.39, 0.29) is 0 Å². The zero-order valence-electron chi connectivity index (χ0n) is 8.08. The summed E-state index contributed by atoms with van der Waals surface area (Å²) in [5, 5.41) is 12.9. The van der Waals surface area contributed by atoms with Crippen molar-refractivity contribution in [3.05, 3.63) is 16.1 Å². The van der Waals surface area contributed by atoms with E-state index in [0.717, 1.165) is 10.7 Å². The van der Waals surface area contributed by atoms with Crippen molar-refractivity contribution in [3.8, 4) is 0 Å². The average Bonchev–Trinajstić information content (AvgIpc) is 2.51. The van der Waals surface area contributed by atoms with Gasteiger partial charge in [-0.15, -0.1) is 11.3 Å². The molecule has 0 aromatic carbocycles. The molecule has 0 amide bonds. The SMILES string of the molecule is CCC(O)(CN)Cc1nc(C)cs1. The number of thiazole rings is 1. The summed E-state index contributed by atoms with van der Waals surface area (Å²) in [4.78, 5) is 4.29. The van der Waals surface area contributed by atoms with E-state index in [1.807, 2.05) is 19.2 Å². The summed E-state index contributed by atoms with van der Waals surface area (Å²) in [7, 11) is 0. The number of aryl methyl sites for hydroxylation is 1. The van der Waals surface area contributed by atoms with Crippen molar-refractivity contribution in [1.29, 1.82) is 0 Å². The van der Waals surface area contributed by atoms with Gasteiger partial charge >= 0.3 is 0 Å². The van der Waals surface area contributed by atoms with Crippen LogP contribution < -0.4 is 5.73 Å². The van der Waals surface area contributed by atoms with Gasteiger partial charge in [0.1, 0.15) is 0 Å². The van der Waals surface area contributed by atoms with Crippen molar-refractivity contribution >= 4 is 11.3 Å². The number of aromatic nitrogens is 1. The van der Waals surface area contributed by atoms with Crippen molar-refractivity contribution < 1.29 is 5.11 Å². The number of hydrogen-bond donors (Lipinski definition) is 2. The molecule has 74 valence electrons. The van der Waals surface area contributed by atoms with Crippen LogP contribution in [0.25, 0.3) is 0 Å². The minimum absolute atomic E-state index is 0.294. The Kier molecular flexibility index (Phi) is 3.41. The molecule has 0 aliphatic carbocycles. The third-order valence-electron chi connectivity index (χ3n) is 2.18. The Labute approximate surface area is 82.6 Å². The molecule has 1 aromatic rings. The Bertz CT molecular complexity index is 268. The molecule has 0 aliphatic rings. The van der Waals surface area contributed by atoms with Crippen LogP contribution >= 0.6 is 11.3 Å². The van der Waals surface area contributed by atoms with E-state index in [0.29, 0.717) is 19.4 Å². The molecule has 0 saturated carbocycles. The van der Waals surface area contributed by atoms with Gasteiger partial charge in [-0.25, -0.2) is 4.98 Å². The Morgan fingerprint density at radius 2 is 2.38 bits per heavy atom. The Morgan fingerprint density at radius 1 is 1.69 bits per heavy atom. The molecule has 0 saturated heterocycles. The molecule has 3 nitrogen and oxygen atoms in total. The molecule has 13 heavy (non-hydrogen) atoms. The first-order valence-electron chi connectivity index (χ1n) is 4.43. The topological polar surface area (TPSA) is 59.1 Å². The maximum Gasteiger partial charge on any atom is 0.0957 e. The van der Waals surface area contributed by atoms with Crippen LogP contribution in [0.2, 0.25) is 0 Å². The quantitative estimate of drug-likeness (QED) is 0.765. The first kappa shape index (κ1) is 10.6. The molecule has 0 fully saturated rings. The molecule has 1 aromatic heterocycles. The third-order valence-corrected chi connectivity index (χ3v) is 3.15. The smallest absolute Gasteiger partial charge is 0.0957 e. The highest BCUT2D eigenvalue weighted by Gasteiger charge is 2.24. The molecule has 1 heterocycles. The number of nitrogens with two attached hydrogens (primary N) is 1. The predicted molar refractivity (Wildman–Crippen MR) is 54.9 cm³/mol. The van der Waals surface area contributed by atoms with Crippen LogP contribution in [0.4, 0.5) is 0 Å². The molecule has 4 heteroatoms. The zero-order chi connectivity index (χ0) is 9.90. The van der Waals surface area contributed by atoms with Crippen molar-refractivity contribution in [3.63, 3.8) is 0 Å². The maximum atomic E-state index is 9.93. The molecule has 0 spiro atoms. The van der Waals surface area contributed by atoms with Gasteiger partial charge in [0.2, 0.25) is 0 Å². The Balaban J connectivity index is 2.67. The lowest BCUT2D eigenvalue weighted by atomic mass is 9.97. The molecular weight excluding hydrogens is 184 g/mol. The van der Waals surface area contributed by atoms with Crippen molar-refractivity contribution in [2.75, 3.05) is 6.54 Å². The standard InChI is InChI=1S/C9H16N2OS/c1-3-9(12,6-10)4-8-11-7(2)5-13-8/h5,12H,3-4,6,10H2,1-2H3. The predicted octanol–water partition coefficient (Wildman–Crippen LogP) is 1.09. The monoisotopic (exact) mass is 200 g/mol. The summed E-state index contributed by atoms with van der Waals surface area (Å²) in [6.07, 6.45) is 1.24. The molecule has 3 N–H and O–H groups in total. The molecule has 1 unspecified atom stereocenters. The van der Waals surface area contributed by atoms with E-state index in [2.05, 4.69) is 4.98 Å². The van der Waals surface area contributed by atoms with Crippen molar-refractivity contribution in [2.45, 2.75) is 32.3 Å². The van der Waals surface area contributed by atoms with Gasteiger partial charge in [0, 0.05) is 24.0 Å². The third kappa shape index (κ3) is 2.76. The highest BCUT2D eigenvalue weighted by molar-refractivity contribution is 7.09. The van der Waals surface area contributed by atoms with E-state index in [1.165, 1.54) is 0 Å². The largest absolute Gasteiger partial charge is 0.388 e. The normalized spacial score (nSPS) is 15.7. The van der Waals surface area contributed by atoms with Gasteiger partial charge in [-0.3, -0.25) is 0 Å². The van der Waals surface area contributed by atoms with Gasteiger partial charge in [-0.05, 0) is 13.3 Å². The van der Waals surface area contributed by atoms with Gasteiger partial charge in [0.15, 0.2) is 0 Å². The fourth-order valence-corrected chi connectivity index (χ4v) is 2.01. The first-order chi connectivity index (χ1) is 6.09. The summed E-state index contributed by atoms with van der Waals surface area (Å²) < 4.78 is 0. The van der Waals surface area contributed by atoms with Crippen LogP contribution in [0.1, 0.15) is 24.0 Å². The summed E-state index contributed by atoms with van der Waals surface area (Å²) in [5.74, 6) is 0. The van der Waals surface area contributed by atoms with Crippen LogP contribution in [-0.4, -0.2) is 22.2 Å². The minimum Gasteiger partial charge on any atom is -0.388 e. The minimum atomic E-state index is -0.774. The Hall–Kier alpha value is -0.450. The fourth-order valence-electron chi connectivity index (χ4n) is 1.11. The number of rotatable bonds is 4. The van der Waals surface area contributed by atoms with Crippen LogP contribution in [0.3, 0.4) is 0 Å². The number of aliphatic hydroxyl groups is 1. The van der Waals surface area contributed by atoms with Crippen molar-refractivity contribution in [2.24, 2.45) is 5.73 Å². The van der Waals surface area contributed by atoms with Gasteiger partial charge in [-0.1, -0.05) is 6.92 Å². The van der Waals surface area contributed by atoms with Crippen LogP contribution in [0.5, 0.6) is 0 Å². The molecule has 0 radical (unpaired) electrons. The number of nitrogens with zero attached hydrogens (tertiary/aromatic N) is 1. The van der Waals surface area contributed by atoms with Crippen molar-refractivity contribution in [1.82, 2.24) is 4.98 Å². The van der Waals surface area contributed by atoms with Gasteiger partial charge in [-0.2, -0.15) is 0 Å². The van der Waals surface area contributed by atoms with E-state index in [4.69, 9.17) is 5.73 Å². The van der Waals surface area contributed by atoms with E-state index in [9.17, 15) is 5.11 Å². The summed E-state index contributed by atoms with van der Waals surface area (Å²) >= 11 is 1.58. The van der Waals surface area contributed by atoms with Gasteiger partial charge in [0.05, 0.1) is 10.6 Å². The zero-order valence-corrected chi connectivity index (χ0v) is 8.90. The fraction of sp³-hybridized carbons (Fsp3) is 0.667. The molecule has 0 aliphatic heterocycles. The summed E-state index contributed by atoms with van der Waals surface area (Å²) in [5.41, 5.74) is 5.74. The van der Waals surface area contributed by atoms with Crippen LogP contribution in [-0.2, 0) is 6.42 Å². The second kappa shape index (κ2) is 4.17. The second-order valence-corrected chi connectivity index (χ2v) is 4.28. The van der Waals surface area contributed by atoms with E-state index < -0.39 is 5.60 Å². The second-order valence-electron chi connectivity index (χ2n) is 3.34. The van der Waals surface area contributed by atoms with Crippen LogP contribution in [0, 0.1) is 6.92 Å². The highest BCUT2D eigenvalue weighted by Crippen LogP contribution is 2.18. The summed E-state index contributed by atoms with van der Waals surface area (Å²) in [6, 6.07) is 0. The van der Waals surface area contributed by atoms with E-state index in [1.54, 1.807) is 11.3 Å². The lowest BCUT2D eigenvalue weighted by Gasteiger charge is -2.23. The lowest BCUT2D eigenvalue weighted by molar-refractivity contribution is 0.0455. The first-order valence-corrected chi connectivity index (χ1v) is 5.31. The molecule has 1 atom stereocenters. The molecular formula is C9H16N2OS. The molecule has 0 bridgehead atoms. The highest BCUT2D eigenvalue weighted by atomic mass is 32.1. The van der Waals surface area contributed by atoms with Gasteiger partial charge < -0.3 is 10.8 Å². The van der Waals surface area contributed by atoms with E-state index >= 15 is 0 Å². The summed E-state index contributed by atoms with van der Waals surface area (Å²) in [6.45, 7) is 4.18. The Morgan fingerprint density at radius 3 is 2.77 bits per heavy atom. The number of hydrogen-bond acceptors (Lipinski definition) is 4. The molecule has 1 rings (SSSR count). The van der Waals surface area contributed by atoms with Crippen LogP contribution in [0.15, 0.2) is 5.38 Å².